The summed E-state index contributed by atoms with van der Waals surface area (Å²) in [6.07, 6.45) is 1.58. The summed E-state index contributed by atoms with van der Waals surface area (Å²) in [5.74, 6) is 0. The van der Waals surface area contributed by atoms with Gasteiger partial charge in [0.2, 0.25) is 0 Å². The number of imidazole rings is 1. The maximum atomic E-state index is 8.80. The molecule has 1 aromatic heterocycles. The molecule has 0 aliphatic heterocycles. The van der Waals surface area contributed by atoms with Gasteiger partial charge >= 0.3 is 0 Å². The molecule has 3 nitrogen and oxygen atoms in total. The minimum absolute atomic E-state index is 0.578. The van der Waals surface area contributed by atoms with E-state index in [0.717, 1.165) is 9.99 Å². The van der Waals surface area contributed by atoms with Crippen LogP contribution in [0, 0.1) is 11.3 Å². The molecule has 0 unspecified atom stereocenters. The van der Waals surface area contributed by atoms with E-state index < -0.39 is 0 Å². The highest BCUT2D eigenvalue weighted by Gasteiger charge is 2.05. The Labute approximate surface area is 77.2 Å². The van der Waals surface area contributed by atoms with Gasteiger partial charge in [-0.2, -0.15) is 5.26 Å². The fourth-order valence-corrected chi connectivity index (χ4v) is 1.50. The highest BCUT2D eigenvalue weighted by Crippen LogP contribution is 2.22. The molecule has 58 valence electrons. The standard InChI is InChI=1S/C8H4BrN3/c9-6-1-2-7-8(5(6)3-10)12-4-11-7/h1-2,4H,(H,11,12). The van der Waals surface area contributed by atoms with Gasteiger partial charge in [-0.3, -0.25) is 0 Å². The first-order valence-electron chi connectivity index (χ1n) is 3.34. The lowest BCUT2D eigenvalue weighted by Gasteiger charge is -1.94. The van der Waals surface area contributed by atoms with E-state index in [4.69, 9.17) is 5.26 Å². The third-order valence-electron chi connectivity index (χ3n) is 1.65. The predicted molar refractivity (Wildman–Crippen MR) is 48.5 cm³/mol. The molecule has 0 radical (unpaired) electrons. The number of rotatable bonds is 0. The van der Waals surface area contributed by atoms with Gasteiger partial charge in [0.25, 0.3) is 0 Å². The highest BCUT2D eigenvalue weighted by molar-refractivity contribution is 9.10. The summed E-state index contributed by atoms with van der Waals surface area (Å²) in [7, 11) is 0. The molecule has 0 amide bonds. The van der Waals surface area contributed by atoms with Crippen molar-refractivity contribution in [1.82, 2.24) is 9.97 Å². The average molecular weight is 222 g/mol. The monoisotopic (exact) mass is 221 g/mol. The molecule has 1 aromatic carbocycles. The highest BCUT2D eigenvalue weighted by atomic mass is 79.9. The molecule has 0 spiro atoms. The first-order chi connectivity index (χ1) is 5.83. The van der Waals surface area contributed by atoms with Gasteiger partial charge in [-0.15, -0.1) is 0 Å². The van der Waals surface area contributed by atoms with Gasteiger partial charge in [-0.05, 0) is 28.1 Å². The van der Waals surface area contributed by atoms with Crippen LogP contribution in [0.3, 0.4) is 0 Å². The number of nitrogens with one attached hydrogen (secondary N) is 1. The van der Waals surface area contributed by atoms with Gasteiger partial charge in [-0.1, -0.05) is 0 Å². The van der Waals surface area contributed by atoms with Gasteiger partial charge in [0.15, 0.2) is 0 Å². The number of aromatic nitrogens is 2. The third kappa shape index (κ3) is 0.908. The van der Waals surface area contributed by atoms with Gasteiger partial charge in [0.05, 0.1) is 17.4 Å². The number of aromatic amines is 1. The van der Waals surface area contributed by atoms with Crippen molar-refractivity contribution < 1.29 is 0 Å². The van der Waals surface area contributed by atoms with Crippen LogP contribution in [-0.4, -0.2) is 9.97 Å². The second-order valence-corrected chi connectivity index (χ2v) is 3.19. The normalized spacial score (nSPS) is 10.0. The molecule has 2 rings (SSSR count). The Morgan fingerprint density at radius 3 is 3.08 bits per heavy atom. The number of fused-ring (bicyclic) bond motifs is 1. The molecule has 0 saturated heterocycles. The summed E-state index contributed by atoms with van der Waals surface area (Å²) in [5, 5.41) is 8.80. The molecule has 0 saturated carbocycles. The van der Waals surface area contributed by atoms with Crippen molar-refractivity contribution in [3.8, 4) is 6.07 Å². The Hall–Kier alpha value is -1.34. The largest absolute Gasteiger partial charge is 0.345 e. The van der Waals surface area contributed by atoms with E-state index in [0.29, 0.717) is 11.1 Å². The summed E-state index contributed by atoms with van der Waals surface area (Å²) >= 11 is 3.29. The lowest BCUT2D eigenvalue weighted by atomic mass is 10.2. The lowest BCUT2D eigenvalue weighted by molar-refractivity contribution is 1.34. The molecule has 0 fully saturated rings. The molecule has 0 aliphatic carbocycles. The summed E-state index contributed by atoms with van der Waals surface area (Å²) in [6, 6.07) is 5.81. The van der Waals surface area contributed by atoms with Crippen LogP contribution in [0.15, 0.2) is 22.9 Å². The Kier molecular flexibility index (Phi) is 1.59. The van der Waals surface area contributed by atoms with E-state index in [9.17, 15) is 0 Å². The Bertz CT molecular complexity index is 467. The van der Waals surface area contributed by atoms with Crippen molar-refractivity contribution in [2.75, 3.05) is 0 Å². The number of halogens is 1. The van der Waals surface area contributed by atoms with Crippen LogP contribution in [0.5, 0.6) is 0 Å². The molecule has 12 heavy (non-hydrogen) atoms. The van der Waals surface area contributed by atoms with E-state index in [1.54, 1.807) is 6.33 Å². The number of benzene rings is 1. The molecule has 4 heteroatoms. The number of hydrogen-bond acceptors (Lipinski definition) is 2. The summed E-state index contributed by atoms with van der Waals surface area (Å²) in [6.45, 7) is 0. The van der Waals surface area contributed by atoms with E-state index >= 15 is 0 Å². The van der Waals surface area contributed by atoms with Crippen LogP contribution in [0.1, 0.15) is 5.56 Å². The Balaban J connectivity index is 2.94. The third-order valence-corrected chi connectivity index (χ3v) is 2.31. The maximum absolute atomic E-state index is 8.80. The van der Waals surface area contributed by atoms with Crippen LogP contribution in [0.25, 0.3) is 11.0 Å². The molecule has 2 aromatic rings. The molecule has 0 aliphatic rings. The van der Waals surface area contributed by atoms with Crippen molar-refractivity contribution in [2.24, 2.45) is 0 Å². The first-order valence-corrected chi connectivity index (χ1v) is 4.14. The second kappa shape index (κ2) is 2.61. The van der Waals surface area contributed by atoms with E-state index in [2.05, 4.69) is 32.0 Å². The number of nitriles is 1. The zero-order chi connectivity index (χ0) is 8.55. The molecule has 1 heterocycles. The molecular formula is C8H4BrN3. The SMILES string of the molecule is N#Cc1c(Br)ccc2[nH]cnc12. The zero-order valence-corrected chi connectivity index (χ0v) is 7.59. The van der Waals surface area contributed by atoms with Gasteiger partial charge < -0.3 is 4.98 Å². The summed E-state index contributed by atoms with van der Waals surface area (Å²) in [4.78, 5) is 6.98. The van der Waals surface area contributed by atoms with Crippen LogP contribution >= 0.6 is 15.9 Å². The topological polar surface area (TPSA) is 52.5 Å². The quantitative estimate of drug-likeness (QED) is 0.742. The summed E-state index contributed by atoms with van der Waals surface area (Å²) in [5.41, 5.74) is 2.18. The Morgan fingerprint density at radius 2 is 2.33 bits per heavy atom. The van der Waals surface area contributed by atoms with E-state index in [1.165, 1.54) is 0 Å². The molecule has 1 N–H and O–H groups in total. The Morgan fingerprint density at radius 1 is 1.50 bits per heavy atom. The second-order valence-electron chi connectivity index (χ2n) is 2.33. The minimum Gasteiger partial charge on any atom is -0.345 e. The fourth-order valence-electron chi connectivity index (χ4n) is 1.09. The zero-order valence-electron chi connectivity index (χ0n) is 6.00. The van der Waals surface area contributed by atoms with Crippen molar-refractivity contribution >= 4 is 27.0 Å². The van der Waals surface area contributed by atoms with Crippen LogP contribution in [-0.2, 0) is 0 Å². The molecule has 0 bridgehead atoms. The number of hydrogen-bond donors (Lipinski definition) is 1. The lowest BCUT2D eigenvalue weighted by Crippen LogP contribution is -1.80. The smallest absolute Gasteiger partial charge is 0.107 e. The van der Waals surface area contributed by atoms with Crippen LogP contribution in [0.4, 0.5) is 0 Å². The van der Waals surface area contributed by atoms with Crippen molar-refractivity contribution in [1.29, 1.82) is 5.26 Å². The minimum atomic E-state index is 0.578. The van der Waals surface area contributed by atoms with E-state index in [-0.39, 0.29) is 0 Å². The van der Waals surface area contributed by atoms with Gasteiger partial charge in [0, 0.05) is 4.47 Å². The van der Waals surface area contributed by atoms with Crippen LogP contribution < -0.4 is 0 Å². The van der Waals surface area contributed by atoms with Gasteiger partial charge in [-0.25, -0.2) is 4.98 Å². The van der Waals surface area contributed by atoms with E-state index in [1.807, 2.05) is 12.1 Å². The van der Waals surface area contributed by atoms with Crippen molar-refractivity contribution in [2.45, 2.75) is 0 Å². The average Bonchev–Trinajstić information content (AvgIpc) is 2.52. The fraction of sp³-hybridized carbons (Fsp3) is 0. The molecular weight excluding hydrogens is 218 g/mol. The van der Waals surface area contributed by atoms with Gasteiger partial charge in [0.1, 0.15) is 11.6 Å². The number of nitrogens with zero attached hydrogens (tertiary/aromatic N) is 2. The van der Waals surface area contributed by atoms with Crippen molar-refractivity contribution in [3.63, 3.8) is 0 Å². The predicted octanol–water partition coefficient (Wildman–Crippen LogP) is 2.20. The maximum Gasteiger partial charge on any atom is 0.107 e. The summed E-state index contributed by atoms with van der Waals surface area (Å²) < 4.78 is 0.782. The van der Waals surface area contributed by atoms with Crippen LogP contribution in [0.2, 0.25) is 0 Å². The number of H-pyrrole nitrogens is 1. The first kappa shape index (κ1) is 7.32. The van der Waals surface area contributed by atoms with Crippen molar-refractivity contribution in [3.05, 3.63) is 28.5 Å². The molecule has 0 atom stereocenters.